The molecule has 0 radical (unpaired) electrons. The number of hydrogen-bond donors (Lipinski definition) is 0. The highest BCUT2D eigenvalue weighted by Gasteiger charge is 2.32. The number of aliphatic imine (C=N–C) groups is 1. The molecule has 1 aliphatic rings. The molecular weight excluding hydrogens is 246 g/mol. The number of aldehydes is 1. The average molecular weight is 265 g/mol. The minimum absolute atomic E-state index is 0.248. The summed E-state index contributed by atoms with van der Waals surface area (Å²) < 4.78 is 11.4. The molecule has 0 aromatic carbocycles. The molecular formula is C13H19NO3Si. The maximum Gasteiger partial charge on any atom is 0.254 e. The third kappa shape index (κ3) is 2.41. The number of nitrogens with zero attached hydrogens (tertiary/aromatic N) is 1. The third-order valence-corrected chi connectivity index (χ3v) is 4.51. The van der Waals surface area contributed by atoms with Crippen molar-refractivity contribution in [1.29, 1.82) is 0 Å². The van der Waals surface area contributed by atoms with E-state index in [1.807, 2.05) is 19.9 Å². The Morgan fingerprint density at radius 1 is 1.39 bits per heavy atom. The minimum Gasteiger partial charge on any atom is -0.473 e. The lowest BCUT2D eigenvalue weighted by Crippen LogP contribution is -2.36. The molecule has 1 aliphatic heterocycles. The van der Waals surface area contributed by atoms with E-state index in [2.05, 4.69) is 24.6 Å². The van der Waals surface area contributed by atoms with Crippen molar-refractivity contribution in [2.75, 3.05) is 6.61 Å². The molecule has 0 bridgehead atoms. The van der Waals surface area contributed by atoms with Crippen LogP contribution in [0.5, 0.6) is 0 Å². The summed E-state index contributed by atoms with van der Waals surface area (Å²) in [5.74, 6) is 0.930. The summed E-state index contributed by atoms with van der Waals surface area (Å²) in [7, 11) is -1.58. The first-order valence-electron chi connectivity index (χ1n) is 6.05. The Morgan fingerprint density at radius 3 is 2.50 bits per heavy atom. The zero-order valence-corrected chi connectivity index (χ0v) is 12.5. The van der Waals surface area contributed by atoms with Gasteiger partial charge in [-0.05, 0) is 19.9 Å². The van der Waals surface area contributed by atoms with Crippen molar-refractivity contribution in [3.05, 3.63) is 17.4 Å². The molecule has 0 spiro atoms. The fourth-order valence-electron chi connectivity index (χ4n) is 1.73. The molecule has 4 nitrogen and oxygen atoms in total. The molecule has 0 amide bonds. The van der Waals surface area contributed by atoms with Crippen molar-refractivity contribution in [2.24, 2.45) is 4.99 Å². The van der Waals surface area contributed by atoms with E-state index in [0.717, 1.165) is 11.7 Å². The van der Waals surface area contributed by atoms with Gasteiger partial charge in [-0.2, -0.15) is 0 Å². The number of carbonyl (C=O) groups excluding carboxylic acids is 1. The molecule has 1 aromatic heterocycles. The van der Waals surface area contributed by atoms with Crippen molar-refractivity contribution in [3.8, 4) is 0 Å². The first-order valence-corrected chi connectivity index (χ1v) is 9.55. The predicted molar refractivity (Wildman–Crippen MR) is 73.6 cm³/mol. The van der Waals surface area contributed by atoms with Gasteiger partial charge in [-0.1, -0.05) is 19.6 Å². The Bertz CT molecular complexity index is 509. The van der Waals surface area contributed by atoms with Gasteiger partial charge in [0, 0.05) is 0 Å². The Kier molecular flexibility index (Phi) is 2.97. The topological polar surface area (TPSA) is 51.8 Å². The first kappa shape index (κ1) is 13.1. The molecule has 2 heterocycles. The van der Waals surface area contributed by atoms with E-state index in [1.54, 1.807) is 0 Å². The molecule has 0 unspecified atom stereocenters. The Balaban J connectivity index is 2.46. The van der Waals surface area contributed by atoms with Crippen LogP contribution >= 0.6 is 0 Å². The smallest absolute Gasteiger partial charge is 0.254 e. The molecule has 2 rings (SSSR count). The summed E-state index contributed by atoms with van der Waals surface area (Å²) in [6.45, 7) is 11.0. The van der Waals surface area contributed by atoms with Gasteiger partial charge < -0.3 is 9.15 Å². The normalized spacial score (nSPS) is 18.4. The standard InChI is InChI=1S/C13H19NO3Si/c1-13(2)8-16-12(14-13)11-9(7-15)6-10(17-11)18(3,4)5/h6-7H,8H2,1-5H3. The largest absolute Gasteiger partial charge is 0.473 e. The van der Waals surface area contributed by atoms with Crippen LogP contribution in [-0.4, -0.2) is 32.4 Å². The van der Waals surface area contributed by atoms with Gasteiger partial charge in [0.1, 0.15) is 14.7 Å². The molecule has 1 aromatic rings. The number of hydrogen-bond acceptors (Lipinski definition) is 4. The van der Waals surface area contributed by atoms with Gasteiger partial charge in [-0.3, -0.25) is 4.79 Å². The van der Waals surface area contributed by atoms with Crippen LogP contribution in [0.1, 0.15) is 30.0 Å². The zero-order chi connectivity index (χ0) is 13.6. The maximum atomic E-state index is 11.1. The molecule has 0 atom stereocenters. The highest BCUT2D eigenvalue weighted by atomic mass is 28.3. The molecule has 18 heavy (non-hydrogen) atoms. The van der Waals surface area contributed by atoms with E-state index < -0.39 is 8.07 Å². The number of furan rings is 1. The summed E-state index contributed by atoms with van der Waals surface area (Å²) in [6.07, 6.45) is 0.805. The van der Waals surface area contributed by atoms with Crippen LogP contribution in [0.25, 0.3) is 0 Å². The fraction of sp³-hybridized carbons (Fsp3) is 0.538. The van der Waals surface area contributed by atoms with Crippen molar-refractivity contribution in [2.45, 2.75) is 39.0 Å². The molecule has 0 aliphatic carbocycles. The second-order valence-electron chi connectivity index (χ2n) is 6.28. The van der Waals surface area contributed by atoms with Crippen molar-refractivity contribution >= 4 is 25.6 Å². The number of rotatable bonds is 3. The monoisotopic (exact) mass is 265 g/mol. The third-order valence-electron chi connectivity index (χ3n) is 2.79. The summed E-state index contributed by atoms with van der Waals surface area (Å²) in [6, 6.07) is 1.83. The number of ether oxygens (including phenoxy) is 1. The Hall–Kier alpha value is -1.36. The number of carbonyl (C=O) groups is 1. The van der Waals surface area contributed by atoms with E-state index in [4.69, 9.17) is 9.15 Å². The highest BCUT2D eigenvalue weighted by molar-refractivity contribution is 6.87. The van der Waals surface area contributed by atoms with Crippen LogP contribution in [-0.2, 0) is 4.74 Å². The van der Waals surface area contributed by atoms with Crippen LogP contribution < -0.4 is 5.38 Å². The van der Waals surface area contributed by atoms with E-state index in [1.165, 1.54) is 0 Å². The van der Waals surface area contributed by atoms with Gasteiger partial charge >= 0.3 is 0 Å². The molecule has 0 saturated carbocycles. The predicted octanol–water partition coefficient (Wildman–Crippen LogP) is 2.19. The highest BCUT2D eigenvalue weighted by Crippen LogP contribution is 2.23. The van der Waals surface area contributed by atoms with E-state index >= 15 is 0 Å². The zero-order valence-electron chi connectivity index (χ0n) is 11.5. The van der Waals surface area contributed by atoms with E-state index in [-0.39, 0.29) is 5.54 Å². The quantitative estimate of drug-likeness (QED) is 0.622. The summed E-state index contributed by atoms with van der Waals surface area (Å²) in [4.78, 5) is 15.6. The van der Waals surface area contributed by atoms with Gasteiger partial charge in [-0.15, -0.1) is 0 Å². The molecule has 0 N–H and O–H groups in total. The van der Waals surface area contributed by atoms with Gasteiger partial charge in [0.15, 0.2) is 12.0 Å². The molecule has 5 heteroatoms. The van der Waals surface area contributed by atoms with Crippen LogP contribution in [0.4, 0.5) is 0 Å². The van der Waals surface area contributed by atoms with Gasteiger partial charge in [0.25, 0.3) is 5.90 Å². The van der Waals surface area contributed by atoms with Crippen molar-refractivity contribution < 1.29 is 13.9 Å². The van der Waals surface area contributed by atoms with E-state index in [0.29, 0.717) is 23.8 Å². The van der Waals surface area contributed by atoms with Crippen molar-refractivity contribution in [3.63, 3.8) is 0 Å². The second-order valence-corrected chi connectivity index (χ2v) is 11.3. The first-order chi connectivity index (χ1) is 8.23. The lowest BCUT2D eigenvalue weighted by molar-refractivity contribution is 0.112. The van der Waals surface area contributed by atoms with Gasteiger partial charge in [0.2, 0.25) is 0 Å². The Morgan fingerprint density at radius 2 is 2.06 bits per heavy atom. The lowest BCUT2D eigenvalue weighted by atomic mass is 10.1. The summed E-state index contributed by atoms with van der Waals surface area (Å²) >= 11 is 0. The van der Waals surface area contributed by atoms with Crippen molar-refractivity contribution in [1.82, 2.24) is 0 Å². The molecule has 0 fully saturated rings. The lowest BCUT2D eigenvalue weighted by Gasteiger charge is -2.10. The van der Waals surface area contributed by atoms with E-state index in [9.17, 15) is 4.79 Å². The second kappa shape index (κ2) is 4.09. The summed E-state index contributed by atoms with van der Waals surface area (Å²) in [5, 5.41) is 0.899. The van der Waals surface area contributed by atoms with Gasteiger partial charge in [0.05, 0.1) is 16.5 Å². The SMILES string of the molecule is CC1(C)COC(c2oc([Si](C)(C)C)cc2C=O)=N1. The molecule has 98 valence electrons. The summed E-state index contributed by atoms with van der Waals surface area (Å²) in [5.41, 5.74) is 0.283. The maximum absolute atomic E-state index is 11.1. The van der Waals surface area contributed by atoms with Gasteiger partial charge in [-0.25, -0.2) is 4.99 Å². The van der Waals surface area contributed by atoms with Crippen LogP contribution in [0.2, 0.25) is 19.6 Å². The molecule has 0 saturated heterocycles. The average Bonchev–Trinajstić information content (AvgIpc) is 2.79. The minimum atomic E-state index is -1.58. The van der Waals surface area contributed by atoms with Crippen LogP contribution in [0.15, 0.2) is 15.5 Å². The van der Waals surface area contributed by atoms with Crippen LogP contribution in [0.3, 0.4) is 0 Å². The Labute approximate surface area is 108 Å². The van der Waals surface area contributed by atoms with Crippen LogP contribution in [0, 0.1) is 0 Å². The fourth-order valence-corrected chi connectivity index (χ4v) is 2.73.